The minimum Gasteiger partial charge on any atom is -0.497 e. The van der Waals surface area contributed by atoms with E-state index in [1.54, 1.807) is 13.2 Å². The Kier molecular flexibility index (Phi) is 5.38. The molecule has 0 saturated heterocycles. The molecule has 0 spiro atoms. The molecule has 1 amide bonds. The van der Waals surface area contributed by atoms with Crippen LogP contribution < -0.4 is 15.8 Å². The van der Waals surface area contributed by atoms with E-state index in [4.69, 9.17) is 27.1 Å². The van der Waals surface area contributed by atoms with Gasteiger partial charge in [0.25, 0.3) is 5.91 Å². The number of hydrogen-bond donors (Lipinski definition) is 2. The highest BCUT2D eigenvalue weighted by Crippen LogP contribution is 2.34. The van der Waals surface area contributed by atoms with E-state index in [1.807, 2.05) is 54.6 Å². The van der Waals surface area contributed by atoms with Gasteiger partial charge in [-0.05, 0) is 42.0 Å². The second-order valence-electron chi connectivity index (χ2n) is 6.44. The summed E-state index contributed by atoms with van der Waals surface area (Å²) in [7, 11) is 1.63. The number of ether oxygens (including phenoxy) is 1. The van der Waals surface area contributed by atoms with Gasteiger partial charge >= 0.3 is 0 Å². The van der Waals surface area contributed by atoms with E-state index in [9.17, 15) is 4.79 Å². The topological polar surface area (TPSA) is 77.2 Å². The number of rotatable bonds is 5. The fraction of sp³-hybridized carbons (Fsp3) is 0.0909. The molecule has 0 aliphatic carbocycles. The van der Waals surface area contributed by atoms with E-state index in [-0.39, 0.29) is 5.91 Å². The van der Waals surface area contributed by atoms with Crippen molar-refractivity contribution in [2.45, 2.75) is 6.54 Å². The molecule has 0 bridgehead atoms. The second kappa shape index (κ2) is 8.11. The zero-order valence-electron chi connectivity index (χ0n) is 15.6. The number of nitrogens with two attached hydrogens (primary N) is 1. The third-order valence-corrected chi connectivity index (χ3v) is 5.86. The highest BCUT2D eigenvalue weighted by Gasteiger charge is 2.18. The Morgan fingerprint density at radius 3 is 2.79 bits per heavy atom. The van der Waals surface area contributed by atoms with Gasteiger partial charge in [-0.3, -0.25) is 4.79 Å². The Morgan fingerprint density at radius 2 is 2.00 bits per heavy atom. The van der Waals surface area contributed by atoms with Crippen molar-refractivity contribution in [2.24, 2.45) is 0 Å². The number of amides is 1. The average molecular weight is 424 g/mol. The Morgan fingerprint density at radius 1 is 1.17 bits per heavy atom. The predicted molar refractivity (Wildman–Crippen MR) is 119 cm³/mol. The van der Waals surface area contributed by atoms with Crippen LogP contribution in [0.15, 0.2) is 60.7 Å². The van der Waals surface area contributed by atoms with Crippen LogP contribution in [0.3, 0.4) is 0 Å². The Hall–Kier alpha value is -3.09. The molecule has 0 aliphatic rings. The number of nitrogen functional groups attached to an aromatic ring is 1. The number of nitrogens with zero attached hydrogens (tertiary/aromatic N) is 1. The van der Waals surface area contributed by atoms with Crippen LogP contribution in [-0.2, 0) is 6.54 Å². The van der Waals surface area contributed by atoms with Crippen LogP contribution in [0.4, 0.5) is 5.69 Å². The number of carbonyl (C=O) groups excluding carboxylic acids is 1. The lowest BCUT2D eigenvalue weighted by atomic mass is 10.1. The van der Waals surface area contributed by atoms with Crippen LogP contribution in [0.25, 0.3) is 21.5 Å². The van der Waals surface area contributed by atoms with Crippen molar-refractivity contribution in [3.8, 4) is 17.0 Å². The molecule has 0 radical (unpaired) electrons. The van der Waals surface area contributed by atoms with Crippen LogP contribution in [-0.4, -0.2) is 18.0 Å². The molecule has 2 aromatic heterocycles. The van der Waals surface area contributed by atoms with Gasteiger partial charge in [0.05, 0.1) is 18.5 Å². The molecular weight excluding hydrogens is 406 g/mol. The third kappa shape index (κ3) is 4.04. The molecule has 0 aliphatic heterocycles. The minimum absolute atomic E-state index is 0.228. The molecule has 2 heterocycles. The first-order valence-corrected chi connectivity index (χ1v) is 10.1. The van der Waals surface area contributed by atoms with Crippen molar-refractivity contribution in [1.82, 2.24) is 10.3 Å². The monoisotopic (exact) mass is 423 g/mol. The number of aromatic nitrogens is 1. The van der Waals surface area contributed by atoms with Gasteiger partial charge in [0.1, 0.15) is 15.5 Å². The number of nitrogens with one attached hydrogen (secondary N) is 1. The lowest BCUT2D eigenvalue weighted by molar-refractivity contribution is 0.0956. The molecule has 4 aromatic rings. The molecule has 4 rings (SSSR count). The Labute approximate surface area is 177 Å². The first-order chi connectivity index (χ1) is 14.0. The first kappa shape index (κ1) is 19.2. The van der Waals surface area contributed by atoms with Gasteiger partial charge in [-0.2, -0.15) is 0 Å². The average Bonchev–Trinajstić information content (AvgIpc) is 3.08. The normalized spacial score (nSPS) is 10.8. The van der Waals surface area contributed by atoms with Crippen LogP contribution in [0.1, 0.15) is 15.2 Å². The van der Waals surface area contributed by atoms with Gasteiger partial charge in [0.2, 0.25) is 0 Å². The van der Waals surface area contributed by atoms with Crippen LogP contribution in [0.5, 0.6) is 5.75 Å². The number of fused-ring (bicyclic) bond motifs is 1. The van der Waals surface area contributed by atoms with Crippen molar-refractivity contribution >= 4 is 44.7 Å². The SMILES string of the molecule is COc1cccc(-c2ccc3c(N)c(C(=O)NCc4cccc(Cl)c4)sc3n2)c1. The maximum Gasteiger partial charge on any atom is 0.263 e. The smallest absolute Gasteiger partial charge is 0.263 e. The summed E-state index contributed by atoms with van der Waals surface area (Å²) in [6.45, 7) is 0.371. The second-order valence-corrected chi connectivity index (χ2v) is 7.87. The van der Waals surface area contributed by atoms with Crippen molar-refractivity contribution in [2.75, 3.05) is 12.8 Å². The molecule has 0 fully saturated rings. The summed E-state index contributed by atoms with van der Waals surface area (Å²) < 4.78 is 5.28. The van der Waals surface area contributed by atoms with Gasteiger partial charge in [0.15, 0.2) is 0 Å². The van der Waals surface area contributed by atoms with E-state index >= 15 is 0 Å². The van der Waals surface area contributed by atoms with Gasteiger partial charge < -0.3 is 15.8 Å². The number of halogens is 1. The molecule has 0 atom stereocenters. The summed E-state index contributed by atoms with van der Waals surface area (Å²) in [4.78, 5) is 18.5. The molecule has 2 aromatic carbocycles. The number of pyridine rings is 1. The van der Waals surface area contributed by atoms with Crippen molar-refractivity contribution in [3.63, 3.8) is 0 Å². The summed E-state index contributed by atoms with van der Waals surface area (Å²) in [6, 6.07) is 18.8. The van der Waals surface area contributed by atoms with Gasteiger partial charge in [-0.25, -0.2) is 4.98 Å². The molecule has 7 heteroatoms. The number of benzene rings is 2. The zero-order valence-corrected chi connectivity index (χ0v) is 17.2. The van der Waals surface area contributed by atoms with E-state index in [0.29, 0.717) is 22.1 Å². The summed E-state index contributed by atoms with van der Waals surface area (Å²) in [6.07, 6.45) is 0. The standard InChI is InChI=1S/C22H18ClN3O2S/c1-28-16-7-3-5-14(11-16)18-9-8-17-19(24)20(29-22(17)26-18)21(27)25-12-13-4-2-6-15(23)10-13/h2-11H,12,24H2,1H3,(H,25,27). The number of hydrogen-bond acceptors (Lipinski definition) is 5. The summed E-state index contributed by atoms with van der Waals surface area (Å²) >= 11 is 7.28. The summed E-state index contributed by atoms with van der Waals surface area (Å²) in [5, 5.41) is 4.30. The van der Waals surface area contributed by atoms with Gasteiger partial charge in [-0.1, -0.05) is 35.9 Å². The van der Waals surface area contributed by atoms with Crippen molar-refractivity contribution in [1.29, 1.82) is 0 Å². The quantitative estimate of drug-likeness (QED) is 0.466. The number of thiophene rings is 1. The fourth-order valence-electron chi connectivity index (χ4n) is 3.02. The van der Waals surface area contributed by atoms with Crippen LogP contribution in [0.2, 0.25) is 5.02 Å². The molecular formula is C22H18ClN3O2S. The predicted octanol–water partition coefficient (Wildman–Crippen LogP) is 5.14. The Bertz CT molecular complexity index is 1210. The number of methoxy groups -OCH3 is 1. The lowest BCUT2D eigenvalue weighted by Gasteiger charge is -2.05. The molecule has 146 valence electrons. The molecule has 3 N–H and O–H groups in total. The molecule has 0 unspecified atom stereocenters. The first-order valence-electron chi connectivity index (χ1n) is 8.91. The lowest BCUT2D eigenvalue weighted by Crippen LogP contribution is -2.22. The summed E-state index contributed by atoms with van der Waals surface area (Å²) in [5.41, 5.74) is 9.33. The van der Waals surface area contributed by atoms with E-state index in [0.717, 1.165) is 32.8 Å². The van der Waals surface area contributed by atoms with E-state index < -0.39 is 0 Å². The summed E-state index contributed by atoms with van der Waals surface area (Å²) in [5.74, 6) is 0.532. The van der Waals surface area contributed by atoms with Gasteiger partial charge in [0, 0.05) is 22.5 Å². The maximum absolute atomic E-state index is 12.7. The molecule has 0 saturated carbocycles. The maximum atomic E-state index is 12.7. The van der Waals surface area contributed by atoms with E-state index in [1.165, 1.54) is 11.3 Å². The molecule has 29 heavy (non-hydrogen) atoms. The number of anilines is 1. The fourth-order valence-corrected chi connectivity index (χ4v) is 4.24. The Balaban J connectivity index is 1.60. The van der Waals surface area contributed by atoms with Crippen molar-refractivity contribution < 1.29 is 9.53 Å². The minimum atomic E-state index is -0.228. The largest absolute Gasteiger partial charge is 0.497 e. The third-order valence-electron chi connectivity index (χ3n) is 4.51. The van der Waals surface area contributed by atoms with E-state index in [2.05, 4.69) is 5.32 Å². The zero-order chi connectivity index (χ0) is 20.4. The number of carbonyl (C=O) groups is 1. The van der Waals surface area contributed by atoms with Crippen LogP contribution in [0, 0.1) is 0 Å². The highest BCUT2D eigenvalue weighted by atomic mass is 35.5. The molecule has 5 nitrogen and oxygen atoms in total. The van der Waals surface area contributed by atoms with Crippen LogP contribution >= 0.6 is 22.9 Å². The van der Waals surface area contributed by atoms with Gasteiger partial charge in [-0.15, -0.1) is 11.3 Å². The van der Waals surface area contributed by atoms with Crippen molar-refractivity contribution in [3.05, 3.63) is 76.1 Å². The highest BCUT2D eigenvalue weighted by molar-refractivity contribution is 7.21.